The molecule has 4 rings (SSSR count). The van der Waals surface area contributed by atoms with Crippen molar-refractivity contribution in [2.75, 3.05) is 7.11 Å². The van der Waals surface area contributed by atoms with E-state index in [2.05, 4.69) is 15.5 Å². The first kappa shape index (κ1) is 21.9. The minimum Gasteiger partial charge on any atom is -0.497 e. The molecule has 1 aromatic heterocycles. The highest BCUT2D eigenvalue weighted by Crippen LogP contribution is 2.31. The van der Waals surface area contributed by atoms with Crippen molar-refractivity contribution < 1.29 is 9.53 Å². The lowest BCUT2D eigenvalue weighted by Gasteiger charge is -2.15. The first-order chi connectivity index (χ1) is 15.4. The van der Waals surface area contributed by atoms with Crippen LogP contribution in [0.15, 0.2) is 72.8 Å². The zero-order chi connectivity index (χ0) is 22.7. The van der Waals surface area contributed by atoms with Crippen LogP contribution in [0.1, 0.15) is 28.9 Å². The minimum absolute atomic E-state index is 0.133. The fourth-order valence-electron chi connectivity index (χ4n) is 3.36. The molecule has 0 radical (unpaired) electrons. The van der Waals surface area contributed by atoms with Gasteiger partial charge in [-0.15, -0.1) is 0 Å². The van der Waals surface area contributed by atoms with Gasteiger partial charge < -0.3 is 10.1 Å². The highest BCUT2D eigenvalue weighted by Gasteiger charge is 2.13. The highest BCUT2D eigenvalue weighted by atomic mass is 35.5. The van der Waals surface area contributed by atoms with Crippen LogP contribution in [0, 0.1) is 0 Å². The summed E-state index contributed by atoms with van der Waals surface area (Å²) in [5.74, 6) is 0.637. The van der Waals surface area contributed by atoms with Gasteiger partial charge in [-0.05, 0) is 61.0 Å². The Morgan fingerprint density at radius 1 is 1.00 bits per heavy atom. The van der Waals surface area contributed by atoms with Crippen molar-refractivity contribution in [1.82, 2.24) is 15.5 Å². The maximum atomic E-state index is 12.7. The van der Waals surface area contributed by atoms with E-state index in [0.29, 0.717) is 15.6 Å². The molecule has 5 nitrogen and oxygen atoms in total. The number of halogens is 2. The number of carbonyl (C=O) groups excluding carboxylic acids is 1. The van der Waals surface area contributed by atoms with Crippen molar-refractivity contribution in [3.63, 3.8) is 0 Å². The molecular formula is C25H21Cl2N3O2. The molecule has 2 N–H and O–H groups in total. The maximum Gasteiger partial charge on any atom is 0.251 e. The first-order valence-electron chi connectivity index (χ1n) is 10.0. The molecule has 0 aliphatic rings. The standard InChI is InChI=1S/C25H21Cl2N3O2/c1-15(16-7-10-20(32-2)11-8-16)28-25(31)18-5-3-17(4-6-18)23-14-24(30-29-23)21-12-9-19(26)13-22(21)27/h3-15H,1-2H3,(H,28,31)(H,29,30)/t15-/m0/s1. The van der Waals surface area contributed by atoms with E-state index >= 15 is 0 Å². The summed E-state index contributed by atoms with van der Waals surface area (Å²) in [4.78, 5) is 12.7. The van der Waals surface area contributed by atoms with E-state index in [-0.39, 0.29) is 11.9 Å². The fraction of sp³-hybridized carbons (Fsp3) is 0.120. The van der Waals surface area contributed by atoms with E-state index in [0.717, 1.165) is 33.8 Å². The van der Waals surface area contributed by atoms with Crippen LogP contribution < -0.4 is 10.1 Å². The van der Waals surface area contributed by atoms with Crippen molar-refractivity contribution in [2.24, 2.45) is 0 Å². The van der Waals surface area contributed by atoms with E-state index in [9.17, 15) is 4.79 Å². The van der Waals surface area contributed by atoms with Crippen LogP contribution in [0.3, 0.4) is 0 Å². The number of amides is 1. The summed E-state index contributed by atoms with van der Waals surface area (Å²) < 4.78 is 5.18. The zero-order valence-electron chi connectivity index (χ0n) is 17.5. The normalized spacial score (nSPS) is 11.8. The average Bonchev–Trinajstić information content (AvgIpc) is 3.29. The van der Waals surface area contributed by atoms with Gasteiger partial charge in [0.05, 0.1) is 29.6 Å². The van der Waals surface area contributed by atoms with Gasteiger partial charge in [-0.2, -0.15) is 5.10 Å². The Morgan fingerprint density at radius 2 is 1.72 bits per heavy atom. The van der Waals surface area contributed by atoms with Crippen LogP contribution in [0.4, 0.5) is 0 Å². The van der Waals surface area contributed by atoms with E-state index < -0.39 is 0 Å². The largest absolute Gasteiger partial charge is 0.497 e. The third-order valence-corrected chi connectivity index (χ3v) is 5.75. The number of aromatic nitrogens is 2. The second-order valence-corrected chi connectivity index (χ2v) is 8.18. The first-order valence-corrected chi connectivity index (χ1v) is 10.8. The molecule has 1 amide bonds. The molecule has 0 spiro atoms. The Bertz CT molecular complexity index is 1240. The molecule has 0 saturated heterocycles. The van der Waals surface area contributed by atoms with Gasteiger partial charge in [-0.1, -0.05) is 47.5 Å². The van der Waals surface area contributed by atoms with Gasteiger partial charge in [-0.3, -0.25) is 9.89 Å². The Balaban J connectivity index is 1.46. The lowest BCUT2D eigenvalue weighted by atomic mass is 10.1. The summed E-state index contributed by atoms with van der Waals surface area (Å²) in [6.45, 7) is 1.95. The Labute approximate surface area is 196 Å². The van der Waals surface area contributed by atoms with Crippen LogP contribution in [0.2, 0.25) is 10.0 Å². The summed E-state index contributed by atoms with van der Waals surface area (Å²) in [7, 11) is 1.63. The third kappa shape index (κ3) is 4.79. The molecule has 0 fully saturated rings. The number of hydrogen-bond donors (Lipinski definition) is 2. The number of benzene rings is 3. The fourth-order valence-corrected chi connectivity index (χ4v) is 3.87. The van der Waals surface area contributed by atoms with Crippen LogP contribution in [-0.2, 0) is 0 Å². The second-order valence-electron chi connectivity index (χ2n) is 7.34. The van der Waals surface area contributed by atoms with E-state index in [1.54, 1.807) is 31.4 Å². The monoisotopic (exact) mass is 465 g/mol. The summed E-state index contributed by atoms with van der Waals surface area (Å²) >= 11 is 12.3. The zero-order valence-corrected chi connectivity index (χ0v) is 19.0. The minimum atomic E-state index is -0.143. The van der Waals surface area contributed by atoms with Gasteiger partial charge >= 0.3 is 0 Å². The van der Waals surface area contributed by atoms with Crippen molar-refractivity contribution in [3.8, 4) is 28.3 Å². The number of H-pyrrole nitrogens is 1. The molecule has 1 atom stereocenters. The van der Waals surface area contributed by atoms with Gasteiger partial charge in [0.1, 0.15) is 5.75 Å². The third-order valence-electron chi connectivity index (χ3n) is 5.21. The molecular weight excluding hydrogens is 445 g/mol. The maximum absolute atomic E-state index is 12.7. The molecule has 7 heteroatoms. The van der Waals surface area contributed by atoms with Gasteiger partial charge in [0, 0.05) is 21.7 Å². The van der Waals surface area contributed by atoms with E-state index in [1.807, 2.05) is 55.5 Å². The number of nitrogens with one attached hydrogen (secondary N) is 2. The molecule has 0 aliphatic heterocycles. The van der Waals surface area contributed by atoms with Gasteiger partial charge in [0.2, 0.25) is 0 Å². The lowest BCUT2D eigenvalue weighted by molar-refractivity contribution is 0.0940. The van der Waals surface area contributed by atoms with Gasteiger partial charge in [-0.25, -0.2) is 0 Å². The van der Waals surface area contributed by atoms with Crippen molar-refractivity contribution in [3.05, 3.63) is 94.0 Å². The number of nitrogens with zero attached hydrogens (tertiary/aromatic N) is 1. The van der Waals surface area contributed by atoms with Crippen LogP contribution in [0.25, 0.3) is 22.5 Å². The van der Waals surface area contributed by atoms with Crippen LogP contribution >= 0.6 is 23.2 Å². The summed E-state index contributed by atoms with van der Waals surface area (Å²) in [5, 5.41) is 11.5. The number of carbonyl (C=O) groups is 1. The smallest absolute Gasteiger partial charge is 0.251 e. The van der Waals surface area contributed by atoms with E-state index in [4.69, 9.17) is 27.9 Å². The molecule has 0 saturated carbocycles. The summed E-state index contributed by atoms with van der Waals surface area (Å²) in [6, 6.07) is 22.1. The molecule has 1 heterocycles. The molecule has 32 heavy (non-hydrogen) atoms. The predicted octanol–water partition coefficient (Wildman–Crippen LogP) is 6.55. The number of hydrogen-bond acceptors (Lipinski definition) is 3. The lowest BCUT2D eigenvalue weighted by Crippen LogP contribution is -2.26. The molecule has 3 aromatic carbocycles. The number of ether oxygens (including phenoxy) is 1. The van der Waals surface area contributed by atoms with Crippen molar-refractivity contribution >= 4 is 29.1 Å². The Hall–Kier alpha value is -3.28. The number of aromatic amines is 1. The van der Waals surface area contributed by atoms with Crippen molar-refractivity contribution in [1.29, 1.82) is 0 Å². The average molecular weight is 466 g/mol. The Kier molecular flexibility index (Phi) is 6.49. The second kappa shape index (κ2) is 9.47. The van der Waals surface area contributed by atoms with Gasteiger partial charge in [0.15, 0.2) is 0 Å². The molecule has 0 aliphatic carbocycles. The predicted molar refractivity (Wildman–Crippen MR) is 128 cm³/mol. The quantitative estimate of drug-likeness (QED) is 0.339. The molecule has 0 bridgehead atoms. The van der Waals surface area contributed by atoms with Crippen LogP contribution in [-0.4, -0.2) is 23.2 Å². The summed E-state index contributed by atoms with van der Waals surface area (Å²) in [6.07, 6.45) is 0. The molecule has 162 valence electrons. The topological polar surface area (TPSA) is 67.0 Å². The molecule has 0 unspecified atom stereocenters. The number of rotatable bonds is 6. The Morgan fingerprint density at radius 3 is 2.38 bits per heavy atom. The number of methoxy groups -OCH3 is 1. The van der Waals surface area contributed by atoms with Gasteiger partial charge in [0.25, 0.3) is 5.91 Å². The molecule has 4 aromatic rings. The van der Waals surface area contributed by atoms with E-state index in [1.165, 1.54) is 0 Å². The highest BCUT2D eigenvalue weighted by molar-refractivity contribution is 6.36. The van der Waals surface area contributed by atoms with Crippen molar-refractivity contribution in [2.45, 2.75) is 13.0 Å². The van der Waals surface area contributed by atoms with Crippen LogP contribution in [0.5, 0.6) is 5.75 Å². The summed E-state index contributed by atoms with van der Waals surface area (Å²) in [5.41, 5.74) is 4.82. The SMILES string of the molecule is COc1ccc([C@H](C)NC(=O)c2ccc(-c3cc(-c4ccc(Cl)cc4Cl)[nH]n3)cc2)cc1.